The Morgan fingerprint density at radius 1 is 1.09 bits per heavy atom. The second-order valence-corrected chi connectivity index (χ2v) is 9.90. The van der Waals surface area contributed by atoms with Crippen molar-refractivity contribution in [1.82, 2.24) is 10.4 Å². The summed E-state index contributed by atoms with van der Waals surface area (Å²) in [5.41, 5.74) is 8.30. The fourth-order valence-corrected chi connectivity index (χ4v) is 5.16. The van der Waals surface area contributed by atoms with E-state index in [2.05, 4.69) is 36.5 Å². The van der Waals surface area contributed by atoms with E-state index in [0.717, 1.165) is 40.9 Å². The van der Waals surface area contributed by atoms with E-state index in [-0.39, 0.29) is 36.6 Å². The highest BCUT2D eigenvalue weighted by Gasteiger charge is 2.42. The van der Waals surface area contributed by atoms with E-state index in [9.17, 15) is 8.78 Å². The number of aromatic nitrogens is 1. The number of hydrogen-bond donors (Lipinski definition) is 1. The Morgan fingerprint density at radius 2 is 1.79 bits per heavy atom. The first-order chi connectivity index (χ1) is 15.8. The number of rotatable bonds is 6. The molecule has 33 heavy (non-hydrogen) atoms. The SMILES string of the molecule is CN=NNC(c1c(C2(C)CCOCC2)nc2c(c1-c1ccccc1)CC(F)(F)CC2)C(C)C. The Labute approximate surface area is 195 Å². The van der Waals surface area contributed by atoms with Crippen LogP contribution in [0.15, 0.2) is 40.7 Å². The highest BCUT2D eigenvalue weighted by atomic mass is 19.3. The topological polar surface area (TPSA) is 58.9 Å². The number of hydrogen-bond acceptors (Lipinski definition) is 4. The van der Waals surface area contributed by atoms with Gasteiger partial charge in [-0.15, -0.1) is 0 Å². The van der Waals surface area contributed by atoms with Crippen LogP contribution in [0.25, 0.3) is 11.1 Å². The molecule has 1 aliphatic carbocycles. The summed E-state index contributed by atoms with van der Waals surface area (Å²) < 4.78 is 35.1. The van der Waals surface area contributed by atoms with Crippen molar-refractivity contribution in [3.8, 4) is 11.1 Å². The molecule has 1 aromatic heterocycles. The summed E-state index contributed by atoms with van der Waals surface area (Å²) in [6.45, 7) is 7.80. The molecule has 2 heterocycles. The van der Waals surface area contributed by atoms with Crippen molar-refractivity contribution in [2.24, 2.45) is 16.3 Å². The lowest BCUT2D eigenvalue weighted by atomic mass is 9.71. The Morgan fingerprint density at radius 3 is 2.42 bits per heavy atom. The average molecular weight is 457 g/mol. The molecule has 7 heteroatoms. The maximum atomic E-state index is 14.7. The first kappa shape index (κ1) is 23.7. The van der Waals surface area contributed by atoms with Gasteiger partial charge in [0.2, 0.25) is 0 Å². The number of benzene rings is 1. The van der Waals surface area contributed by atoms with E-state index in [4.69, 9.17) is 9.72 Å². The molecule has 0 bridgehead atoms. The van der Waals surface area contributed by atoms with Crippen molar-refractivity contribution in [2.75, 3.05) is 20.3 Å². The van der Waals surface area contributed by atoms with Crippen molar-refractivity contribution in [1.29, 1.82) is 0 Å². The highest BCUT2D eigenvalue weighted by Crippen LogP contribution is 2.47. The Balaban J connectivity index is 2.07. The minimum Gasteiger partial charge on any atom is -0.381 e. The minimum absolute atomic E-state index is 0.143. The smallest absolute Gasteiger partial charge is 0.252 e. The molecule has 1 saturated heterocycles. The van der Waals surface area contributed by atoms with Gasteiger partial charge in [-0.25, -0.2) is 8.78 Å². The van der Waals surface area contributed by atoms with Gasteiger partial charge in [-0.3, -0.25) is 10.4 Å². The molecule has 0 saturated carbocycles. The first-order valence-corrected chi connectivity index (χ1v) is 11.9. The molecule has 0 spiro atoms. The lowest BCUT2D eigenvalue weighted by molar-refractivity contribution is -0.0128. The third kappa shape index (κ3) is 4.79. The normalized spacial score (nSPS) is 20.6. The quantitative estimate of drug-likeness (QED) is 0.414. The number of alkyl halides is 2. The van der Waals surface area contributed by atoms with Gasteiger partial charge in [-0.1, -0.05) is 56.3 Å². The Hall–Kier alpha value is -2.41. The summed E-state index contributed by atoms with van der Waals surface area (Å²) in [6, 6.07) is 9.70. The van der Waals surface area contributed by atoms with Gasteiger partial charge in [0, 0.05) is 42.7 Å². The van der Waals surface area contributed by atoms with Crippen LogP contribution in [0.3, 0.4) is 0 Å². The fourth-order valence-electron chi connectivity index (χ4n) is 5.16. The van der Waals surface area contributed by atoms with Gasteiger partial charge in [0.15, 0.2) is 0 Å². The van der Waals surface area contributed by atoms with E-state index in [0.29, 0.717) is 18.8 Å². The zero-order valence-corrected chi connectivity index (χ0v) is 20.0. The molecule has 1 unspecified atom stereocenters. The Bertz CT molecular complexity index is 1000. The summed E-state index contributed by atoms with van der Waals surface area (Å²) >= 11 is 0. The van der Waals surface area contributed by atoms with Crippen LogP contribution >= 0.6 is 0 Å². The molecule has 2 aromatic rings. The maximum absolute atomic E-state index is 14.7. The average Bonchev–Trinajstić information content (AvgIpc) is 2.79. The zero-order chi connectivity index (χ0) is 23.6. The van der Waals surface area contributed by atoms with Gasteiger partial charge < -0.3 is 4.74 Å². The molecule has 2 aliphatic rings. The van der Waals surface area contributed by atoms with Crippen LogP contribution in [0.4, 0.5) is 8.78 Å². The molecule has 1 fully saturated rings. The van der Waals surface area contributed by atoms with Gasteiger partial charge in [-0.05, 0) is 41.9 Å². The second-order valence-electron chi connectivity index (χ2n) is 9.90. The number of nitrogens with zero attached hydrogens (tertiary/aromatic N) is 3. The molecule has 1 atom stereocenters. The van der Waals surface area contributed by atoms with E-state index in [1.807, 2.05) is 30.3 Å². The fraction of sp³-hybridized carbons (Fsp3) is 0.577. The van der Waals surface area contributed by atoms with Gasteiger partial charge in [0.25, 0.3) is 5.92 Å². The third-order valence-electron chi connectivity index (χ3n) is 7.09. The van der Waals surface area contributed by atoms with Crippen molar-refractivity contribution in [3.05, 3.63) is 52.8 Å². The van der Waals surface area contributed by atoms with Crippen LogP contribution in [-0.2, 0) is 23.0 Å². The van der Waals surface area contributed by atoms with Gasteiger partial charge >= 0.3 is 0 Å². The summed E-state index contributed by atoms with van der Waals surface area (Å²) in [7, 11) is 1.62. The monoisotopic (exact) mass is 456 g/mol. The highest BCUT2D eigenvalue weighted by molar-refractivity contribution is 5.74. The summed E-state index contributed by atoms with van der Waals surface area (Å²) in [6.07, 6.45) is 1.53. The van der Waals surface area contributed by atoms with Crippen molar-refractivity contribution in [2.45, 2.75) is 70.3 Å². The minimum atomic E-state index is -2.73. The van der Waals surface area contributed by atoms with Crippen LogP contribution in [-0.4, -0.2) is 31.2 Å². The van der Waals surface area contributed by atoms with Crippen molar-refractivity contribution in [3.63, 3.8) is 0 Å². The zero-order valence-electron chi connectivity index (χ0n) is 20.0. The number of fused-ring (bicyclic) bond motifs is 1. The molecule has 1 N–H and O–H groups in total. The summed E-state index contributed by atoms with van der Waals surface area (Å²) in [5, 5.41) is 8.04. The van der Waals surface area contributed by atoms with Gasteiger partial charge in [-0.2, -0.15) is 5.11 Å². The number of ether oxygens (including phenoxy) is 1. The summed E-state index contributed by atoms with van der Waals surface area (Å²) in [4.78, 5) is 5.17. The lowest BCUT2D eigenvalue weighted by Crippen LogP contribution is -2.37. The van der Waals surface area contributed by atoms with E-state index in [1.165, 1.54) is 0 Å². The molecular formula is C26H34F2N4O. The molecular weight excluding hydrogens is 422 g/mol. The lowest BCUT2D eigenvalue weighted by Gasteiger charge is -2.39. The molecule has 0 radical (unpaired) electrons. The number of pyridine rings is 1. The second kappa shape index (κ2) is 9.45. The third-order valence-corrected chi connectivity index (χ3v) is 7.09. The number of nitrogens with one attached hydrogen (secondary N) is 1. The van der Waals surface area contributed by atoms with E-state index >= 15 is 0 Å². The molecule has 178 valence electrons. The predicted octanol–water partition coefficient (Wildman–Crippen LogP) is 6.22. The molecule has 4 rings (SSSR count). The van der Waals surface area contributed by atoms with Crippen LogP contribution in [0.1, 0.15) is 68.6 Å². The number of halogens is 2. The van der Waals surface area contributed by atoms with Crippen LogP contribution < -0.4 is 5.43 Å². The van der Waals surface area contributed by atoms with Crippen LogP contribution in [0.5, 0.6) is 0 Å². The molecule has 5 nitrogen and oxygen atoms in total. The molecule has 1 aliphatic heterocycles. The maximum Gasteiger partial charge on any atom is 0.252 e. The first-order valence-electron chi connectivity index (χ1n) is 11.9. The van der Waals surface area contributed by atoms with Crippen molar-refractivity contribution >= 4 is 0 Å². The molecule has 0 amide bonds. The standard InChI is InChI=1S/C26H34F2N4O/c1-17(2)23(31-32-29-4)22-21(18-8-6-5-7-9-18)19-16-26(27,28)11-10-20(19)30-24(22)25(3)12-14-33-15-13-25/h5-9,17,23H,10-16H2,1-4H3,(H,29,31). The Kier molecular flexibility index (Phi) is 6.80. The number of aryl methyl sites for hydroxylation is 1. The van der Waals surface area contributed by atoms with Gasteiger partial charge in [0.05, 0.1) is 18.8 Å². The largest absolute Gasteiger partial charge is 0.381 e. The van der Waals surface area contributed by atoms with Crippen LogP contribution in [0, 0.1) is 5.92 Å². The van der Waals surface area contributed by atoms with Crippen molar-refractivity contribution < 1.29 is 13.5 Å². The van der Waals surface area contributed by atoms with E-state index < -0.39 is 5.92 Å². The molecule has 1 aromatic carbocycles. The predicted molar refractivity (Wildman–Crippen MR) is 126 cm³/mol. The van der Waals surface area contributed by atoms with Gasteiger partial charge in [0.1, 0.15) is 0 Å². The summed E-state index contributed by atoms with van der Waals surface area (Å²) in [5.74, 6) is -2.59. The van der Waals surface area contributed by atoms with E-state index in [1.54, 1.807) is 7.05 Å². The van der Waals surface area contributed by atoms with Crippen LogP contribution in [0.2, 0.25) is 0 Å².